The van der Waals surface area contributed by atoms with Gasteiger partial charge in [0, 0.05) is 25.9 Å². The number of methoxy groups -OCH3 is 1. The lowest BCUT2D eigenvalue weighted by molar-refractivity contribution is -0.149. The van der Waals surface area contributed by atoms with Gasteiger partial charge in [-0.2, -0.15) is 0 Å². The Kier molecular flexibility index (Phi) is 14.3. The molecular formula is C43H66N4O10Si2. The fourth-order valence-electron chi connectivity index (χ4n) is 7.01. The van der Waals surface area contributed by atoms with E-state index in [2.05, 4.69) is 72.7 Å². The quantitative estimate of drug-likeness (QED) is 0.201. The SMILES string of the molecule is COc1ccc(OC[C@@H]2[C@@H](OCc3ccccc3)CN(C)[C@H]([C@H](O)[C@H]3O[C@@H](n4ccc(=O)[nH]c4=O)[C@H](O[Si](C)(C)C(C)(C)C)[C@@H]3O[Si](C)(C)C(C)(C)C)C(=O)N2C)cc1. The van der Waals surface area contributed by atoms with E-state index in [0.717, 1.165) is 5.56 Å². The molecule has 2 saturated heterocycles. The number of nitrogens with zero attached hydrogens (tertiary/aromatic N) is 3. The molecule has 2 aromatic carbocycles. The Labute approximate surface area is 351 Å². The minimum Gasteiger partial charge on any atom is -0.497 e. The summed E-state index contributed by atoms with van der Waals surface area (Å²) >= 11 is 0. The van der Waals surface area contributed by atoms with Gasteiger partial charge in [-0.3, -0.25) is 24.0 Å². The summed E-state index contributed by atoms with van der Waals surface area (Å²) in [6.45, 7) is 21.8. The number of aromatic nitrogens is 2. The summed E-state index contributed by atoms with van der Waals surface area (Å²) in [5, 5.41) is 12.3. The van der Waals surface area contributed by atoms with E-state index >= 15 is 0 Å². The number of H-pyrrole nitrogens is 1. The Balaban J connectivity index is 1.56. The third kappa shape index (κ3) is 10.5. The number of aromatic amines is 1. The number of amides is 1. The van der Waals surface area contributed by atoms with E-state index in [1.807, 2.05) is 47.4 Å². The molecule has 59 heavy (non-hydrogen) atoms. The number of carbonyl (C=O) groups excluding carboxylic acids is 1. The highest BCUT2D eigenvalue weighted by Gasteiger charge is 2.58. The molecule has 3 aromatic rings. The average Bonchev–Trinajstić information content (AvgIpc) is 3.44. The number of carbonyl (C=O) groups is 1. The van der Waals surface area contributed by atoms with Crippen molar-refractivity contribution in [2.24, 2.45) is 0 Å². The molecule has 0 spiro atoms. The summed E-state index contributed by atoms with van der Waals surface area (Å²) < 4.78 is 40.7. The molecular weight excluding hydrogens is 789 g/mol. The second kappa shape index (κ2) is 18.2. The fraction of sp³-hybridized carbons (Fsp3) is 0.605. The summed E-state index contributed by atoms with van der Waals surface area (Å²) in [6, 6.07) is 16.6. The van der Waals surface area contributed by atoms with Gasteiger partial charge >= 0.3 is 5.69 Å². The number of hydrogen-bond donors (Lipinski definition) is 2. The van der Waals surface area contributed by atoms with Crippen LogP contribution in [0.15, 0.2) is 76.4 Å². The van der Waals surface area contributed by atoms with Crippen molar-refractivity contribution >= 4 is 22.5 Å². The molecule has 3 heterocycles. The number of aliphatic hydroxyl groups excluding tert-OH is 1. The zero-order chi connectivity index (χ0) is 43.7. The number of ether oxygens (including phenoxy) is 4. The third-order valence-corrected chi connectivity index (χ3v) is 21.7. The number of nitrogens with one attached hydrogen (secondary N) is 1. The zero-order valence-corrected chi connectivity index (χ0v) is 39.1. The van der Waals surface area contributed by atoms with E-state index in [9.17, 15) is 19.5 Å². The maximum absolute atomic E-state index is 14.9. The summed E-state index contributed by atoms with van der Waals surface area (Å²) in [7, 11) is -0.180. The second-order valence-electron chi connectivity index (χ2n) is 18.9. The fourth-order valence-corrected chi connectivity index (χ4v) is 9.60. The largest absolute Gasteiger partial charge is 0.497 e. The molecule has 0 saturated carbocycles. The standard InChI is InChI=1S/C43H66N4O10Si2/c1-42(2,3)58(10,11)56-37-36(55-40(47-24-23-33(48)44-41(47)51)38(37)57-59(12,13)43(4,5)6)35(49)34-39(50)46(8)31(27-53-30-21-19-29(52-9)20-22-30)32(25-45(34)7)54-26-28-17-15-14-16-18-28/h14-24,31-32,34-38,40,49H,25-27H2,1-13H3,(H,44,48,51)/t31-,32+,34-,35+,36-,37-,38-,40-/m1/s1. The van der Waals surface area contributed by atoms with Crippen molar-refractivity contribution in [3.63, 3.8) is 0 Å². The van der Waals surface area contributed by atoms with Gasteiger partial charge in [-0.05, 0) is 73.1 Å². The summed E-state index contributed by atoms with van der Waals surface area (Å²) in [5.74, 6) is 0.926. The van der Waals surface area contributed by atoms with Crippen LogP contribution in [0.25, 0.3) is 0 Å². The molecule has 2 aliphatic rings. The lowest BCUT2D eigenvalue weighted by Crippen LogP contribution is -2.60. The molecule has 2 N–H and O–H groups in total. The summed E-state index contributed by atoms with van der Waals surface area (Å²) in [4.78, 5) is 46.4. The first-order chi connectivity index (χ1) is 27.5. The van der Waals surface area contributed by atoms with Crippen LogP contribution in [0.5, 0.6) is 11.5 Å². The van der Waals surface area contributed by atoms with Gasteiger partial charge in [0.2, 0.25) is 5.91 Å². The van der Waals surface area contributed by atoms with Crippen molar-refractivity contribution < 1.29 is 37.7 Å². The number of aliphatic hydroxyl groups is 1. The van der Waals surface area contributed by atoms with Gasteiger partial charge in [0.15, 0.2) is 22.9 Å². The van der Waals surface area contributed by atoms with Crippen molar-refractivity contribution in [3.8, 4) is 11.5 Å². The second-order valence-corrected chi connectivity index (χ2v) is 28.4. The molecule has 0 unspecified atom stereocenters. The van der Waals surface area contributed by atoms with Crippen LogP contribution in [-0.2, 0) is 29.7 Å². The first-order valence-corrected chi connectivity index (χ1v) is 26.2. The lowest BCUT2D eigenvalue weighted by atomic mass is 9.98. The molecule has 5 rings (SSSR count). The highest BCUT2D eigenvalue weighted by atomic mass is 28.4. The molecule has 2 fully saturated rings. The van der Waals surface area contributed by atoms with Gasteiger partial charge in [0.25, 0.3) is 5.56 Å². The molecule has 16 heteroatoms. The molecule has 1 aromatic heterocycles. The van der Waals surface area contributed by atoms with Crippen LogP contribution >= 0.6 is 0 Å². The molecule has 0 aliphatic carbocycles. The van der Waals surface area contributed by atoms with Gasteiger partial charge in [0.1, 0.15) is 48.6 Å². The molecule has 0 radical (unpaired) electrons. The van der Waals surface area contributed by atoms with Crippen molar-refractivity contribution in [2.75, 3.05) is 34.4 Å². The van der Waals surface area contributed by atoms with E-state index in [-0.39, 0.29) is 29.1 Å². The summed E-state index contributed by atoms with van der Waals surface area (Å²) in [5.41, 5.74) is -0.269. The number of benzene rings is 2. The summed E-state index contributed by atoms with van der Waals surface area (Å²) in [6.07, 6.45) is -4.64. The van der Waals surface area contributed by atoms with Crippen LogP contribution in [0.1, 0.15) is 53.3 Å². The van der Waals surface area contributed by atoms with E-state index in [0.29, 0.717) is 18.1 Å². The molecule has 1 amide bonds. The van der Waals surface area contributed by atoms with Crippen LogP contribution in [0.3, 0.4) is 0 Å². The van der Waals surface area contributed by atoms with Crippen LogP contribution in [0, 0.1) is 0 Å². The Hall–Kier alpha value is -3.62. The Morgan fingerprint density at radius 2 is 1.42 bits per heavy atom. The van der Waals surface area contributed by atoms with Gasteiger partial charge in [-0.25, -0.2) is 4.79 Å². The van der Waals surface area contributed by atoms with Crippen molar-refractivity contribution in [3.05, 3.63) is 93.3 Å². The number of likely N-dealkylation sites (N-methyl/N-ethyl adjacent to an activating group) is 2. The van der Waals surface area contributed by atoms with Crippen LogP contribution < -0.4 is 20.7 Å². The van der Waals surface area contributed by atoms with Gasteiger partial charge in [0.05, 0.1) is 25.9 Å². The first kappa shape index (κ1) is 46.4. The highest BCUT2D eigenvalue weighted by Crippen LogP contribution is 2.46. The van der Waals surface area contributed by atoms with E-state index < -0.39 is 76.7 Å². The third-order valence-electron chi connectivity index (χ3n) is 12.7. The monoisotopic (exact) mass is 854 g/mol. The smallest absolute Gasteiger partial charge is 0.330 e. The normalized spacial score (nSPS) is 25.5. The predicted molar refractivity (Wildman–Crippen MR) is 232 cm³/mol. The van der Waals surface area contributed by atoms with Crippen LogP contribution in [0.4, 0.5) is 0 Å². The van der Waals surface area contributed by atoms with Gasteiger partial charge in [-0.15, -0.1) is 0 Å². The highest BCUT2D eigenvalue weighted by molar-refractivity contribution is 6.74. The van der Waals surface area contributed by atoms with E-state index in [4.69, 9.17) is 27.8 Å². The van der Waals surface area contributed by atoms with Crippen molar-refractivity contribution in [1.29, 1.82) is 0 Å². The molecule has 8 atom stereocenters. The Morgan fingerprint density at radius 1 is 0.847 bits per heavy atom. The first-order valence-electron chi connectivity index (χ1n) is 20.4. The van der Waals surface area contributed by atoms with Crippen molar-refractivity contribution in [1.82, 2.24) is 19.4 Å². The zero-order valence-electron chi connectivity index (χ0n) is 37.1. The minimum absolute atomic E-state index is 0.112. The van der Waals surface area contributed by atoms with E-state index in [1.54, 1.807) is 38.2 Å². The Morgan fingerprint density at radius 3 is 1.98 bits per heavy atom. The molecule has 326 valence electrons. The topological polar surface area (TPSA) is 154 Å². The number of rotatable bonds is 14. The maximum Gasteiger partial charge on any atom is 0.330 e. The Bertz CT molecular complexity index is 1980. The predicted octanol–water partition coefficient (Wildman–Crippen LogP) is 5.39. The van der Waals surface area contributed by atoms with Gasteiger partial charge < -0.3 is 37.8 Å². The lowest BCUT2D eigenvalue weighted by Gasteiger charge is -2.45. The van der Waals surface area contributed by atoms with E-state index in [1.165, 1.54) is 16.8 Å². The maximum atomic E-state index is 14.9. The average molecular weight is 855 g/mol. The molecule has 0 bridgehead atoms. The van der Waals surface area contributed by atoms with Crippen LogP contribution in [-0.4, -0.2) is 124 Å². The van der Waals surface area contributed by atoms with Gasteiger partial charge in [-0.1, -0.05) is 71.9 Å². The minimum atomic E-state index is -2.65. The molecule has 2 aliphatic heterocycles. The van der Waals surface area contributed by atoms with Crippen molar-refractivity contribution in [2.45, 2.75) is 133 Å². The number of hydrogen-bond acceptors (Lipinski definition) is 11. The molecule has 14 nitrogen and oxygen atoms in total. The van der Waals surface area contributed by atoms with Crippen LogP contribution in [0.2, 0.25) is 36.3 Å².